The molecule has 0 radical (unpaired) electrons. The number of aryl methyl sites for hydroxylation is 2. The van der Waals surface area contributed by atoms with Crippen molar-refractivity contribution in [2.45, 2.75) is 13.8 Å². The molecule has 1 aromatic carbocycles. The van der Waals surface area contributed by atoms with Gasteiger partial charge >= 0.3 is 0 Å². The lowest BCUT2D eigenvalue weighted by molar-refractivity contribution is 0.104. The number of allylic oxidation sites excluding steroid dienone is 1. The Kier molecular flexibility index (Phi) is 4.17. The Morgan fingerprint density at radius 3 is 2.63 bits per heavy atom. The highest BCUT2D eigenvalue weighted by molar-refractivity contribution is 7.12. The van der Waals surface area contributed by atoms with E-state index in [1.807, 2.05) is 44.2 Å². The van der Waals surface area contributed by atoms with Crippen molar-refractivity contribution in [2.24, 2.45) is 0 Å². The Balaban J connectivity index is 2.23. The van der Waals surface area contributed by atoms with Gasteiger partial charge in [-0.05, 0) is 38.1 Å². The fourth-order valence-corrected chi connectivity index (χ4v) is 2.86. The van der Waals surface area contributed by atoms with Crippen LogP contribution in [0.15, 0.2) is 36.4 Å². The SMILES string of the molecule is COc1ccccc1/C=C/C(=O)c1cc(C)sc1C. The number of rotatable bonds is 4. The van der Waals surface area contributed by atoms with Crippen LogP contribution in [-0.2, 0) is 0 Å². The summed E-state index contributed by atoms with van der Waals surface area (Å²) < 4.78 is 5.25. The molecule has 98 valence electrons. The molecule has 0 aliphatic carbocycles. The summed E-state index contributed by atoms with van der Waals surface area (Å²) in [5.41, 5.74) is 1.69. The van der Waals surface area contributed by atoms with Crippen molar-refractivity contribution in [2.75, 3.05) is 7.11 Å². The van der Waals surface area contributed by atoms with Crippen LogP contribution in [-0.4, -0.2) is 12.9 Å². The molecule has 0 unspecified atom stereocenters. The van der Waals surface area contributed by atoms with Gasteiger partial charge in [-0.25, -0.2) is 0 Å². The van der Waals surface area contributed by atoms with Crippen LogP contribution in [0.1, 0.15) is 25.7 Å². The van der Waals surface area contributed by atoms with Crippen molar-refractivity contribution >= 4 is 23.2 Å². The third-order valence-corrected chi connectivity index (χ3v) is 3.83. The average molecular weight is 272 g/mol. The van der Waals surface area contributed by atoms with E-state index in [0.717, 1.165) is 26.6 Å². The highest BCUT2D eigenvalue weighted by atomic mass is 32.1. The smallest absolute Gasteiger partial charge is 0.186 e. The van der Waals surface area contributed by atoms with Gasteiger partial charge in [0, 0.05) is 20.9 Å². The minimum Gasteiger partial charge on any atom is -0.496 e. The van der Waals surface area contributed by atoms with E-state index in [2.05, 4.69) is 0 Å². The maximum absolute atomic E-state index is 12.1. The Hall–Kier alpha value is -1.87. The molecule has 2 aromatic rings. The number of hydrogen-bond donors (Lipinski definition) is 0. The number of thiophene rings is 1. The molecule has 0 amide bonds. The maximum Gasteiger partial charge on any atom is 0.186 e. The van der Waals surface area contributed by atoms with Crippen molar-refractivity contribution in [3.8, 4) is 5.75 Å². The lowest BCUT2D eigenvalue weighted by Crippen LogP contribution is -1.94. The average Bonchev–Trinajstić information content (AvgIpc) is 2.75. The molecule has 0 N–H and O–H groups in total. The molecule has 0 fully saturated rings. The molecule has 3 heteroatoms. The number of hydrogen-bond acceptors (Lipinski definition) is 3. The predicted octanol–water partition coefficient (Wildman–Crippen LogP) is 4.27. The molecule has 19 heavy (non-hydrogen) atoms. The first-order valence-corrected chi connectivity index (χ1v) is 6.86. The number of ketones is 1. The normalized spacial score (nSPS) is 10.9. The van der Waals surface area contributed by atoms with Crippen LogP contribution in [0.3, 0.4) is 0 Å². The van der Waals surface area contributed by atoms with Gasteiger partial charge in [0.25, 0.3) is 0 Å². The topological polar surface area (TPSA) is 26.3 Å². The van der Waals surface area contributed by atoms with Gasteiger partial charge in [-0.2, -0.15) is 0 Å². The van der Waals surface area contributed by atoms with Crippen molar-refractivity contribution < 1.29 is 9.53 Å². The van der Waals surface area contributed by atoms with Gasteiger partial charge in [-0.3, -0.25) is 4.79 Å². The van der Waals surface area contributed by atoms with Crippen molar-refractivity contribution in [1.29, 1.82) is 0 Å². The highest BCUT2D eigenvalue weighted by Gasteiger charge is 2.09. The van der Waals surface area contributed by atoms with Crippen LogP contribution >= 0.6 is 11.3 Å². The first kappa shape index (κ1) is 13.6. The summed E-state index contributed by atoms with van der Waals surface area (Å²) in [7, 11) is 1.63. The van der Waals surface area contributed by atoms with E-state index in [-0.39, 0.29) is 5.78 Å². The van der Waals surface area contributed by atoms with Gasteiger partial charge in [-0.15, -0.1) is 11.3 Å². The fraction of sp³-hybridized carbons (Fsp3) is 0.188. The van der Waals surface area contributed by atoms with Gasteiger partial charge in [0.2, 0.25) is 0 Å². The zero-order chi connectivity index (χ0) is 13.8. The van der Waals surface area contributed by atoms with Crippen molar-refractivity contribution in [3.63, 3.8) is 0 Å². The van der Waals surface area contributed by atoms with Gasteiger partial charge in [-0.1, -0.05) is 18.2 Å². The molecule has 0 aliphatic heterocycles. The summed E-state index contributed by atoms with van der Waals surface area (Å²) in [6, 6.07) is 9.57. The third kappa shape index (κ3) is 3.12. The van der Waals surface area contributed by atoms with E-state index >= 15 is 0 Å². The molecule has 0 aliphatic rings. The molecule has 2 rings (SSSR count). The zero-order valence-electron chi connectivity index (χ0n) is 11.3. The third-order valence-electron chi connectivity index (χ3n) is 2.86. The molecular formula is C16H16O2S. The number of benzene rings is 1. The standard InChI is InChI=1S/C16H16O2S/c1-11-10-14(12(2)19-11)15(17)9-8-13-6-4-5-7-16(13)18-3/h4-10H,1-3H3/b9-8+. The second-order valence-corrected chi connectivity index (χ2v) is 5.73. The summed E-state index contributed by atoms with van der Waals surface area (Å²) in [6.45, 7) is 3.99. The van der Waals surface area contributed by atoms with E-state index in [0.29, 0.717) is 0 Å². The Morgan fingerprint density at radius 2 is 2.00 bits per heavy atom. The predicted molar refractivity (Wildman–Crippen MR) is 80.2 cm³/mol. The van der Waals surface area contributed by atoms with E-state index in [4.69, 9.17) is 4.74 Å². The van der Waals surface area contributed by atoms with Crippen LogP contribution in [0.25, 0.3) is 6.08 Å². The Morgan fingerprint density at radius 1 is 1.26 bits per heavy atom. The van der Waals surface area contributed by atoms with E-state index in [1.165, 1.54) is 0 Å². The largest absolute Gasteiger partial charge is 0.496 e. The number of carbonyl (C=O) groups excluding carboxylic acids is 1. The van der Waals surface area contributed by atoms with E-state index in [1.54, 1.807) is 30.6 Å². The van der Waals surface area contributed by atoms with Crippen molar-refractivity contribution in [1.82, 2.24) is 0 Å². The quantitative estimate of drug-likeness (QED) is 0.613. The summed E-state index contributed by atoms with van der Waals surface area (Å²) >= 11 is 1.65. The highest BCUT2D eigenvalue weighted by Crippen LogP contribution is 2.23. The molecule has 2 nitrogen and oxygen atoms in total. The van der Waals surface area contributed by atoms with Crippen LogP contribution in [0, 0.1) is 13.8 Å². The number of ether oxygens (including phenoxy) is 1. The minimum absolute atomic E-state index is 0.0350. The van der Waals surface area contributed by atoms with Crippen LogP contribution in [0.5, 0.6) is 5.75 Å². The monoisotopic (exact) mass is 272 g/mol. The summed E-state index contributed by atoms with van der Waals surface area (Å²) in [5, 5.41) is 0. The molecule has 0 atom stereocenters. The molecule has 0 saturated heterocycles. The minimum atomic E-state index is 0.0350. The molecule has 1 aromatic heterocycles. The van der Waals surface area contributed by atoms with Gasteiger partial charge in [0.15, 0.2) is 5.78 Å². The molecular weight excluding hydrogens is 256 g/mol. The summed E-state index contributed by atoms with van der Waals surface area (Å²) in [6.07, 6.45) is 3.40. The second-order valence-electron chi connectivity index (χ2n) is 4.27. The number of para-hydroxylation sites is 1. The van der Waals surface area contributed by atoms with Gasteiger partial charge < -0.3 is 4.74 Å². The summed E-state index contributed by atoms with van der Waals surface area (Å²) in [5.74, 6) is 0.803. The lowest BCUT2D eigenvalue weighted by atomic mass is 10.1. The van der Waals surface area contributed by atoms with Gasteiger partial charge in [0.1, 0.15) is 5.75 Å². The second kappa shape index (κ2) is 5.85. The fourth-order valence-electron chi connectivity index (χ4n) is 1.93. The first-order chi connectivity index (χ1) is 9.11. The molecule has 0 spiro atoms. The first-order valence-electron chi connectivity index (χ1n) is 6.04. The molecule has 0 bridgehead atoms. The lowest BCUT2D eigenvalue weighted by Gasteiger charge is -2.03. The maximum atomic E-state index is 12.1. The van der Waals surface area contributed by atoms with E-state index < -0.39 is 0 Å². The Bertz CT molecular complexity index is 623. The Labute approximate surface area is 117 Å². The number of carbonyl (C=O) groups is 1. The summed E-state index contributed by atoms with van der Waals surface area (Å²) in [4.78, 5) is 14.4. The zero-order valence-corrected chi connectivity index (χ0v) is 12.1. The van der Waals surface area contributed by atoms with Crippen LogP contribution in [0.4, 0.5) is 0 Å². The van der Waals surface area contributed by atoms with Crippen molar-refractivity contribution in [3.05, 3.63) is 57.3 Å². The van der Waals surface area contributed by atoms with Crippen LogP contribution < -0.4 is 4.74 Å². The van der Waals surface area contributed by atoms with E-state index in [9.17, 15) is 4.79 Å². The van der Waals surface area contributed by atoms with Gasteiger partial charge in [0.05, 0.1) is 7.11 Å². The molecule has 0 saturated carbocycles. The molecule has 1 heterocycles. The number of methoxy groups -OCH3 is 1. The van der Waals surface area contributed by atoms with Crippen LogP contribution in [0.2, 0.25) is 0 Å².